The maximum Gasteiger partial charge on any atom is 0.269 e. The number of aromatic nitrogens is 2. The summed E-state index contributed by atoms with van der Waals surface area (Å²) in [6.07, 6.45) is 0.0280. The van der Waals surface area contributed by atoms with Crippen LogP contribution in [0.4, 0.5) is 5.69 Å². The van der Waals surface area contributed by atoms with Gasteiger partial charge in [0.2, 0.25) is 11.8 Å². The molecule has 2 heterocycles. The van der Waals surface area contributed by atoms with Crippen LogP contribution in [0.25, 0.3) is 11.0 Å². The first-order valence-corrected chi connectivity index (χ1v) is 9.91. The number of para-hydroxylation sites is 2. The van der Waals surface area contributed by atoms with Crippen LogP contribution in [0.3, 0.4) is 0 Å². The maximum atomic E-state index is 12.4. The van der Waals surface area contributed by atoms with Gasteiger partial charge in [0.15, 0.2) is 0 Å². The van der Waals surface area contributed by atoms with Crippen LogP contribution in [0.1, 0.15) is 23.1 Å². The molecule has 1 aliphatic rings. The smallest absolute Gasteiger partial charge is 0.269 e. The Morgan fingerprint density at radius 2 is 2.00 bits per heavy atom. The lowest BCUT2D eigenvalue weighted by atomic mass is 10.2. The van der Waals surface area contributed by atoms with Crippen LogP contribution >= 0.6 is 11.8 Å². The maximum absolute atomic E-state index is 12.4. The predicted octanol–water partition coefficient (Wildman–Crippen LogP) is 2.01. The zero-order valence-electron chi connectivity index (χ0n) is 15.9. The van der Waals surface area contributed by atoms with Gasteiger partial charge in [0.05, 0.1) is 28.4 Å². The van der Waals surface area contributed by atoms with Crippen molar-refractivity contribution in [3.63, 3.8) is 0 Å². The second-order valence-corrected chi connectivity index (χ2v) is 8.10. The average molecular weight is 409 g/mol. The lowest BCUT2D eigenvalue weighted by Gasteiger charge is -2.21. The van der Waals surface area contributed by atoms with Gasteiger partial charge >= 0.3 is 0 Å². The summed E-state index contributed by atoms with van der Waals surface area (Å²) < 4.78 is 1.85. The van der Waals surface area contributed by atoms with E-state index in [1.54, 1.807) is 18.2 Å². The first-order valence-electron chi connectivity index (χ1n) is 9.03. The molecule has 2 aromatic carbocycles. The third-order valence-corrected chi connectivity index (χ3v) is 5.86. The molecule has 0 bridgehead atoms. The highest BCUT2D eigenvalue weighted by atomic mass is 32.2. The molecule has 1 atom stereocenters. The molecular formula is C20H19N5O3S. The first-order chi connectivity index (χ1) is 13.9. The molecule has 0 radical (unpaired) electrons. The van der Waals surface area contributed by atoms with Crippen LogP contribution in [0, 0.1) is 0 Å². The van der Waals surface area contributed by atoms with Crippen molar-refractivity contribution in [2.75, 3.05) is 5.32 Å². The number of carbonyl (C=O) groups is 3. The molecule has 0 saturated heterocycles. The van der Waals surface area contributed by atoms with Gasteiger partial charge < -0.3 is 9.88 Å². The summed E-state index contributed by atoms with van der Waals surface area (Å²) in [4.78, 5) is 41.8. The third kappa shape index (κ3) is 3.81. The Bertz CT molecular complexity index is 1140. The minimum atomic E-state index is -0.468. The number of aryl methyl sites for hydroxylation is 1. The summed E-state index contributed by atoms with van der Waals surface area (Å²) >= 11 is 1.44. The number of hydrogen-bond donors (Lipinski definition) is 3. The summed E-state index contributed by atoms with van der Waals surface area (Å²) in [6, 6.07) is 12.6. The number of nitrogens with one attached hydrogen (secondary N) is 3. The third-order valence-electron chi connectivity index (χ3n) is 4.69. The average Bonchev–Trinajstić information content (AvgIpc) is 3.02. The van der Waals surface area contributed by atoms with Crippen LogP contribution in [0.2, 0.25) is 0 Å². The Labute approximate surface area is 171 Å². The van der Waals surface area contributed by atoms with Crippen LogP contribution in [0.5, 0.6) is 0 Å². The number of imidazole rings is 1. The van der Waals surface area contributed by atoms with Crippen molar-refractivity contribution < 1.29 is 14.4 Å². The Morgan fingerprint density at radius 3 is 2.79 bits per heavy atom. The van der Waals surface area contributed by atoms with Gasteiger partial charge in [-0.1, -0.05) is 12.1 Å². The Balaban J connectivity index is 1.39. The summed E-state index contributed by atoms with van der Waals surface area (Å²) in [5.74, 6) is -0.354. The number of benzene rings is 2. The number of carbonyl (C=O) groups excluding carboxylic acids is 3. The van der Waals surface area contributed by atoms with Gasteiger partial charge in [-0.3, -0.25) is 25.2 Å². The standard InChI is InChI=1S/C20H19N5O3S/c1-11-19(27)22-14-9-12(7-8-16(14)29-11)20(28)24-23-18(26)10-17-21-13-5-3-4-6-15(13)25(17)2/h3-9,11H,10H2,1-2H3,(H,22,27)(H,23,26)(H,24,28)/t11-/m0/s1. The molecule has 0 aliphatic carbocycles. The molecule has 148 valence electrons. The van der Waals surface area contributed by atoms with Gasteiger partial charge in [0.25, 0.3) is 5.91 Å². The zero-order chi connectivity index (χ0) is 20.5. The van der Waals surface area contributed by atoms with Crippen molar-refractivity contribution in [3.05, 3.63) is 53.9 Å². The molecule has 3 aromatic rings. The van der Waals surface area contributed by atoms with Crippen molar-refractivity contribution in [1.82, 2.24) is 20.4 Å². The van der Waals surface area contributed by atoms with Gasteiger partial charge in [-0.05, 0) is 37.3 Å². The molecule has 0 saturated carbocycles. The number of fused-ring (bicyclic) bond motifs is 2. The lowest BCUT2D eigenvalue weighted by molar-refractivity contribution is -0.121. The SMILES string of the molecule is C[C@@H]1Sc2ccc(C(=O)NNC(=O)Cc3nc4ccccc4n3C)cc2NC1=O. The van der Waals surface area contributed by atoms with Crippen LogP contribution in [0.15, 0.2) is 47.4 Å². The number of anilines is 1. The molecule has 4 rings (SSSR count). The number of hydrogen-bond acceptors (Lipinski definition) is 5. The van der Waals surface area contributed by atoms with Crippen LogP contribution < -0.4 is 16.2 Å². The normalized spacial score (nSPS) is 15.5. The number of hydrazine groups is 1. The molecule has 1 aliphatic heterocycles. The van der Waals surface area contributed by atoms with Gasteiger partial charge in [-0.15, -0.1) is 11.8 Å². The van der Waals surface area contributed by atoms with Crippen molar-refractivity contribution in [3.8, 4) is 0 Å². The van der Waals surface area contributed by atoms with E-state index < -0.39 is 5.91 Å². The van der Waals surface area contributed by atoms with Crippen molar-refractivity contribution in [2.45, 2.75) is 23.5 Å². The molecule has 0 spiro atoms. The molecule has 1 aromatic heterocycles. The fourth-order valence-corrected chi connectivity index (χ4v) is 4.02. The Morgan fingerprint density at radius 1 is 1.21 bits per heavy atom. The Hall–Kier alpha value is -3.33. The van der Waals surface area contributed by atoms with Crippen LogP contribution in [-0.4, -0.2) is 32.5 Å². The monoisotopic (exact) mass is 409 g/mol. The molecule has 29 heavy (non-hydrogen) atoms. The molecular weight excluding hydrogens is 390 g/mol. The van der Waals surface area contributed by atoms with E-state index in [-0.39, 0.29) is 23.5 Å². The second kappa shape index (κ2) is 7.59. The van der Waals surface area contributed by atoms with E-state index in [2.05, 4.69) is 21.2 Å². The largest absolute Gasteiger partial charge is 0.331 e. The fourth-order valence-electron chi connectivity index (χ4n) is 3.09. The van der Waals surface area contributed by atoms with E-state index in [9.17, 15) is 14.4 Å². The molecule has 0 unspecified atom stereocenters. The fraction of sp³-hybridized carbons (Fsp3) is 0.200. The number of nitrogens with zero attached hydrogens (tertiary/aromatic N) is 2. The van der Waals surface area contributed by atoms with Crippen molar-refractivity contribution in [2.24, 2.45) is 7.05 Å². The minimum Gasteiger partial charge on any atom is -0.331 e. The van der Waals surface area contributed by atoms with Gasteiger partial charge in [0.1, 0.15) is 5.82 Å². The van der Waals surface area contributed by atoms with E-state index >= 15 is 0 Å². The summed E-state index contributed by atoms with van der Waals surface area (Å²) in [6.45, 7) is 1.82. The molecule has 3 N–H and O–H groups in total. The molecule has 3 amide bonds. The minimum absolute atomic E-state index is 0.0280. The number of amides is 3. The molecule has 9 heteroatoms. The van der Waals surface area contributed by atoms with Crippen LogP contribution in [-0.2, 0) is 23.1 Å². The van der Waals surface area contributed by atoms with E-state index in [1.807, 2.05) is 42.8 Å². The van der Waals surface area contributed by atoms with E-state index in [1.165, 1.54) is 11.8 Å². The van der Waals surface area contributed by atoms with E-state index in [4.69, 9.17) is 0 Å². The predicted molar refractivity (Wildman–Crippen MR) is 110 cm³/mol. The highest BCUT2D eigenvalue weighted by molar-refractivity contribution is 8.00. The highest BCUT2D eigenvalue weighted by Crippen LogP contribution is 2.35. The Kier molecular flexibility index (Phi) is 4.98. The number of rotatable bonds is 3. The topological polar surface area (TPSA) is 105 Å². The highest BCUT2D eigenvalue weighted by Gasteiger charge is 2.24. The van der Waals surface area contributed by atoms with Gasteiger partial charge in [-0.2, -0.15) is 0 Å². The van der Waals surface area contributed by atoms with Gasteiger partial charge in [0, 0.05) is 17.5 Å². The van der Waals surface area contributed by atoms with Crippen molar-refractivity contribution in [1.29, 1.82) is 0 Å². The summed E-state index contributed by atoms with van der Waals surface area (Å²) in [5.41, 5.74) is 7.49. The lowest BCUT2D eigenvalue weighted by Crippen LogP contribution is -2.42. The van der Waals surface area contributed by atoms with Gasteiger partial charge in [-0.25, -0.2) is 4.98 Å². The summed E-state index contributed by atoms with van der Waals surface area (Å²) in [7, 11) is 1.84. The zero-order valence-corrected chi connectivity index (χ0v) is 16.7. The molecule has 0 fully saturated rings. The summed E-state index contributed by atoms with van der Waals surface area (Å²) in [5, 5.41) is 2.61. The number of thioether (sulfide) groups is 1. The quantitative estimate of drug-likeness (QED) is 0.574. The van der Waals surface area contributed by atoms with Crippen molar-refractivity contribution >= 4 is 46.2 Å². The second-order valence-electron chi connectivity index (χ2n) is 6.72. The van der Waals surface area contributed by atoms with E-state index in [0.29, 0.717) is 17.1 Å². The molecule has 8 nitrogen and oxygen atoms in total. The van der Waals surface area contributed by atoms with E-state index in [0.717, 1.165) is 15.9 Å². The first kappa shape index (κ1) is 19.0.